The number of fused-ring (bicyclic) bond motifs is 1. The number of aryl methyl sites for hydroxylation is 1. The predicted molar refractivity (Wildman–Crippen MR) is 161 cm³/mol. The van der Waals surface area contributed by atoms with Gasteiger partial charge in [0.25, 0.3) is 11.5 Å². The van der Waals surface area contributed by atoms with Gasteiger partial charge in [0.05, 0.1) is 30.1 Å². The number of carbonyl (C=O) groups excluding carboxylic acids is 2. The van der Waals surface area contributed by atoms with E-state index in [2.05, 4.69) is 5.32 Å². The first kappa shape index (κ1) is 32.7. The monoisotopic (exact) mass is 617 g/mol. The van der Waals surface area contributed by atoms with Crippen LogP contribution >= 0.6 is 0 Å². The molecule has 12 heteroatoms. The molecule has 9 nitrogen and oxygen atoms in total. The number of nitrogens with one attached hydrogen (secondary N) is 1. The minimum absolute atomic E-state index is 0.000357. The van der Waals surface area contributed by atoms with E-state index in [0.717, 1.165) is 31.4 Å². The summed E-state index contributed by atoms with van der Waals surface area (Å²) in [7, 11) is 2.98. The fourth-order valence-corrected chi connectivity index (χ4v) is 5.41. The van der Waals surface area contributed by atoms with Crippen molar-refractivity contribution in [3.8, 4) is 11.5 Å². The summed E-state index contributed by atoms with van der Waals surface area (Å²) in [5.41, 5.74) is -1.79. The smallest absolute Gasteiger partial charge is 0.416 e. The summed E-state index contributed by atoms with van der Waals surface area (Å²) in [5.74, 6) is -0.384. The van der Waals surface area contributed by atoms with Crippen LogP contribution in [0.25, 0.3) is 10.9 Å². The van der Waals surface area contributed by atoms with Crippen LogP contribution in [0.3, 0.4) is 0 Å². The van der Waals surface area contributed by atoms with Gasteiger partial charge in [-0.15, -0.1) is 0 Å². The van der Waals surface area contributed by atoms with Gasteiger partial charge in [-0.2, -0.15) is 13.2 Å². The fraction of sp³-hybridized carbons (Fsp3) is 0.469. The Bertz CT molecular complexity index is 1560. The molecule has 0 radical (unpaired) electrons. The van der Waals surface area contributed by atoms with Crippen molar-refractivity contribution in [2.75, 3.05) is 25.2 Å². The van der Waals surface area contributed by atoms with Gasteiger partial charge >= 0.3 is 12.3 Å². The van der Waals surface area contributed by atoms with E-state index < -0.39 is 34.9 Å². The number of hydrogen-bond acceptors (Lipinski definition) is 6. The lowest BCUT2D eigenvalue weighted by atomic mass is 9.93. The normalized spacial score (nSPS) is 14.3. The van der Waals surface area contributed by atoms with Gasteiger partial charge in [-0.25, -0.2) is 4.79 Å². The number of carbonyl (C=O) groups is 2. The van der Waals surface area contributed by atoms with E-state index in [9.17, 15) is 27.6 Å². The van der Waals surface area contributed by atoms with Crippen molar-refractivity contribution in [1.29, 1.82) is 0 Å². The van der Waals surface area contributed by atoms with Gasteiger partial charge in [-0.1, -0.05) is 25.3 Å². The van der Waals surface area contributed by atoms with Crippen molar-refractivity contribution < 1.29 is 37.0 Å². The van der Waals surface area contributed by atoms with Crippen LogP contribution in [0.5, 0.6) is 11.5 Å². The van der Waals surface area contributed by atoms with Crippen LogP contribution in [-0.2, 0) is 18.0 Å². The molecule has 1 aliphatic carbocycles. The van der Waals surface area contributed by atoms with E-state index in [4.69, 9.17) is 14.2 Å². The molecular formula is C32H38F3N3O6. The molecule has 1 fully saturated rings. The van der Waals surface area contributed by atoms with Crippen molar-refractivity contribution in [3.63, 3.8) is 0 Å². The van der Waals surface area contributed by atoms with Gasteiger partial charge < -0.3 is 29.0 Å². The maximum atomic E-state index is 14.5. The summed E-state index contributed by atoms with van der Waals surface area (Å²) in [5, 5.41) is 2.96. The molecule has 0 spiro atoms. The average Bonchev–Trinajstić information content (AvgIpc) is 2.96. The molecule has 44 heavy (non-hydrogen) atoms. The van der Waals surface area contributed by atoms with E-state index in [0.29, 0.717) is 29.5 Å². The van der Waals surface area contributed by atoms with E-state index >= 15 is 0 Å². The first-order valence-corrected chi connectivity index (χ1v) is 14.5. The third kappa shape index (κ3) is 7.28. The van der Waals surface area contributed by atoms with Crippen LogP contribution < -0.4 is 25.2 Å². The highest BCUT2D eigenvalue weighted by Gasteiger charge is 2.35. The molecular weight excluding hydrogens is 579 g/mol. The molecule has 2 aromatic carbocycles. The highest BCUT2D eigenvalue weighted by atomic mass is 19.4. The number of rotatable bonds is 8. The molecule has 1 N–H and O–H groups in total. The van der Waals surface area contributed by atoms with Crippen molar-refractivity contribution in [2.24, 2.45) is 7.05 Å². The second kappa shape index (κ2) is 13.2. The van der Waals surface area contributed by atoms with Crippen molar-refractivity contribution in [2.45, 2.75) is 70.7 Å². The Morgan fingerprint density at radius 1 is 1.02 bits per heavy atom. The Kier molecular flexibility index (Phi) is 9.80. The number of alkyl halides is 3. The number of ether oxygens (including phenoxy) is 3. The number of pyridine rings is 1. The Hall–Kier alpha value is -4.22. The van der Waals surface area contributed by atoms with Gasteiger partial charge in [-0.3, -0.25) is 9.59 Å². The molecule has 1 heterocycles. The molecule has 1 saturated carbocycles. The lowest BCUT2D eigenvalue weighted by Crippen LogP contribution is -2.44. The highest BCUT2D eigenvalue weighted by Crippen LogP contribution is 2.38. The number of benzene rings is 2. The fourth-order valence-electron chi connectivity index (χ4n) is 5.41. The van der Waals surface area contributed by atoms with Gasteiger partial charge in [0.15, 0.2) is 5.75 Å². The van der Waals surface area contributed by atoms with Crippen LogP contribution in [0.15, 0.2) is 47.3 Å². The van der Waals surface area contributed by atoms with Crippen LogP contribution in [-0.4, -0.2) is 48.5 Å². The molecule has 2 amide bonds. The minimum atomic E-state index is -4.54. The number of nitrogens with zero attached hydrogens (tertiary/aromatic N) is 2. The first-order valence-electron chi connectivity index (χ1n) is 14.5. The summed E-state index contributed by atoms with van der Waals surface area (Å²) >= 11 is 0. The average molecular weight is 618 g/mol. The van der Waals surface area contributed by atoms with Crippen LogP contribution in [0.2, 0.25) is 0 Å². The summed E-state index contributed by atoms with van der Waals surface area (Å²) in [4.78, 5) is 42.0. The minimum Gasteiger partial charge on any atom is -0.496 e. The molecule has 0 saturated heterocycles. The van der Waals surface area contributed by atoms with Gasteiger partial charge in [0.2, 0.25) is 0 Å². The number of alkyl carbamates (subject to hydrolysis) is 1. The second-order valence-electron chi connectivity index (χ2n) is 11.7. The largest absolute Gasteiger partial charge is 0.496 e. The topological polar surface area (TPSA) is 99.1 Å². The molecule has 0 aliphatic heterocycles. The lowest BCUT2D eigenvalue weighted by molar-refractivity contribution is -0.137. The Labute approximate surface area is 253 Å². The number of amides is 2. The number of anilines is 1. The zero-order valence-electron chi connectivity index (χ0n) is 25.5. The van der Waals surface area contributed by atoms with Gasteiger partial charge in [0, 0.05) is 18.8 Å². The Morgan fingerprint density at radius 3 is 2.27 bits per heavy atom. The van der Waals surface area contributed by atoms with Crippen LogP contribution in [0.1, 0.15) is 68.8 Å². The zero-order valence-corrected chi connectivity index (χ0v) is 25.5. The van der Waals surface area contributed by atoms with Crippen LogP contribution in [0.4, 0.5) is 23.7 Å². The van der Waals surface area contributed by atoms with E-state index in [1.165, 1.54) is 35.8 Å². The van der Waals surface area contributed by atoms with Gasteiger partial charge in [0.1, 0.15) is 23.5 Å². The first-order chi connectivity index (χ1) is 20.7. The van der Waals surface area contributed by atoms with Crippen molar-refractivity contribution >= 4 is 28.6 Å². The maximum absolute atomic E-state index is 14.5. The van der Waals surface area contributed by atoms with E-state index in [-0.39, 0.29) is 36.2 Å². The molecule has 0 atom stereocenters. The molecule has 3 aromatic rings. The maximum Gasteiger partial charge on any atom is 0.416 e. The second-order valence-corrected chi connectivity index (χ2v) is 11.7. The van der Waals surface area contributed by atoms with E-state index in [1.54, 1.807) is 39.0 Å². The third-order valence-electron chi connectivity index (χ3n) is 7.42. The van der Waals surface area contributed by atoms with Crippen LogP contribution in [0, 0.1) is 0 Å². The Balaban J connectivity index is 1.81. The highest BCUT2D eigenvalue weighted by molar-refractivity contribution is 6.11. The SMILES string of the molecule is COc1cccc2c1c(OCCNC(=O)OC(C)(C)C)c(C(=O)N(c1ccc(C(F)(F)F)cc1)C1CCCCC1)c(=O)n2C. The van der Waals surface area contributed by atoms with E-state index in [1.807, 2.05) is 0 Å². The number of hydrogen-bond donors (Lipinski definition) is 1. The molecule has 1 aromatic heterocycles. The van der Waals surface area contributed by atoms with Crippen molar-refractivity contribution in [1.82, 2.24) is 9.88 Å². The summed E-state index contributed by atoms with van der Waals surface area (Å²) in [6.45, 7) is 5.07. The Morgan fingerprint density at radius 2 is 1.68 bits per heavy atom. The van der Waals surface area contributed by atoms with Crippen molar-refractivity contribution in [3.05, 3.63) is 63.9 Å². The molecule has 238 valence electrons. The number of halogens is 3. The lowest BCUT2D eigenvalue weighted by Gasteiger charge is -2.35. The molecule has 1 aliphatic rings. The number of methoxy groups -OCH3 is 1. The summed E-state index contributed by atoms with van der Waals surface area (Å²) in [6, 6.07) is 9.09. The quantitative estimate of drug-likeness (QED) is 0.292. The zero-order chi connectivity index (χ0) is 32.2. The summed E-state index contributed by atoms with van der Waals surface area (Å²) in [6.07, 6.45) is -1.32. The standard InChI is InChI=1S/C32H38F3N3O6/c1-31(2,3)44-30(41)36-18-19-43-27-25-23(12-9-13-24(25)42-5)37(4)28(39)26(27)29(40)38(21-10-7-6-8-11-21)22-16-14-20(15-17-22)32(33,34)35/h9,12-17,21H,6-8,10-11,18-19H2,1-5H3,(H,36,41). The molecule has 4 rings (SSSR count). The van der Waals surface area contributed by atoms with Gasteiger partial charge in [-0.05, 0) is 70.0 Å². The molecule has 0 bridgehead atoms. The number of aromatic nitrogens is 1. The molecule has 0 unspecified atom stereocenters. The predicted octanol–water partition coefficient (Wildman–Crippen LogP) is 6.45. The third-order valence-corrected chi connectivity index (χ3v) is 7.42. The summed E-state index contributed by atoms with van der Waals surface area (Å²) < 4.78 is 58.4.